The normalized spacial score (nSPS) is 23.1. The van der Waals surface area contributed by atoms with E-state index in [1.165, 1.54) is 5.56 Å². The molecule has 0 aromatic heterocycles. The standard InChI is InChI=1S/C12H14O2/c1-10-7-12(14-9-13-8-10)11-5-3-2-4-6-11/h2-6,12H,1,7-9H2. The average molecular weight is 190 g/mol. The van der Waals surface area contributed by atoms with Crippen LogP contribution in [0.1, 0.15) is 18.1 Å². The Morgan fingerprint density at radius 1 is 1.21 bits per heavy atom. The second-order valence-electron chi connectivity index (χ2n) is 3.49. The Hall–Kier alpha value is -1.12. The topological polar surface area (TPSA) is 18.5 Å². The van der Waals surface area contributed by atoms with Crippen LogP contribution in [0.4, 0.5) is 0 Å². The van der Waals surface area contributed by atoms with Crippen molar-refractivity contribution in [3.05, 3.63) is 48.0 Å². The van der Waals surface area contributed by atoms with Gasteiger partial charge in [0.15, 0.2) is 0 Å². The Kier molecular flexibility index (Phi) is 2.96. The van der Waals surface area contributed by atoms with Gasteiger partial charge in [0.1, 0.15) is 6.79 Å². The minimum atomic E-state index is 0.103. The third-order valence-electron chi connectivity index (χ3n) is 2.30. The minimum Gasteiger partial charge on any atom is -0.351 e. The first kappa shape index (κ1) is 9.44. The molecule has 0 aliphatic carbocycles. The second-order valence-corrected chi connectivity index (χ2v) is 3.49. The predicted molar refractivity (Wildman–Crippen MR) is 54.8 cm³/mol. The van der Waals surface area contributed by atoms with E-state index in [1.807, 2.05) is 18.2 Å². The van der Waals surface area contributed by atoms with Crippen molar-refractivity contribution in [2.24, 2.45) is 0 Å². The van der Waals surface area contributed by atoms with E-state index in [-0.39, 0.29) is 6.10 Å². The summed E-state index contributed by atoms with van der Waals surface area (Å²) in [7, 11) is 0. The summed E-state index contributed by atoms with van der Waals surface area (Å²) in [4.78, 5) is 0. The highest BCUT2D eigenvalue weighted by Gasteiger charge is 2.16. The van der Waals surface area contributed by atoms with Crippen molar-refractivity contribution in [3.63, 3.8) is 0 Å². The first-order chi connectivity index (χ1) is 6.86. The molecule has 0 saturated carbocycles. The lowest BCUT2D eigenvalue weighted by Crippen LogP contribution is -2.03. The Bertz CT molecular complexity index is 305. The van der Waals surface area contributed by atoms with Gasteiger partial charge in [0.05, 0.1) is 12.7 Å². The molecule has 1 atom stereocenters. The van der Waals surface area contributed by atoms with E-state index in [4.69, 9.17) is 9.47 Å². The summed E-state index contributed by atoms with van der Waals surface area (Å²) in [5, 5.41) is 0. The van der Waals surface area contributed by atoms with Crippen molar-refractivity contribution in [1.82, 2.24) is 0 Å². The lowest BCUT2D eigenvalue weighted by atomic mass is 10.0. The molecule has 0 spiro atoms. The van der Waals surface area contributed by atoms with Crippen LogP contribution in [0.2, 0.25) is 0 Å². The highest BCUT2D eigenvalue weighted by molar-refractivity contribution is 5.19. The van der Waals surface area contributed by atoms with Gasteiger partial charge in [-0.3, -0.25) is 0 Å². The van der Waals surface area contributed by atoms with Crippen LogP contribution >= 0.6 is 0 Å². The molecule has 1 aliphatic rings. The van der Waals surface area contributed by atoms with Gasteiger partial charge in [-0.05, 0) is 11.1 Å². The second kappa shape index (κ2) is 4.40. The molecular weight excluding hydrogens is 176 g/mol. The van der Waals surface area contributed by atoms with E-state index in [2.05, 4.69) is 18.7 Å². The molecule has 0 radical (unpaired) electrons. The molecule has 1 aromatic rings. The van der Waals surface area contributed by atoms with Crippen molar-refractivity contribution < 1.29 is 9.47 Å². The van der Waals surface area contributed by atoms with Gasteiger partial charge < -0.3 is 9.47 Å². The fourth-order valence-corrected chi connectivity index (χ4v) is 1.58. The zero-order valence-electron chi connectivity index (χ0n) is 8.11. The third-order valence-corrected chi connectivity index (χ3v) is 2.30. The highest BCUT2D eigenvalue weighted by Crippen LogP contribution is 2.26. The summed E-state index contributed by atoms with van der Waals surface area (Å²) >= 11 is 0. The van der Waals surface area contributed by atoms with E-state index >= 15 is 0 Å². The zero-order valence-corrected chi connectivity index (χ0v) is 8.11. The minimum absolute atomic E-state index is 0.103. The lowest BCUT2D eigenvalue weighted by Gasteiger charge is -2.14. The molecule has 74 valence electrons. The molecular formula is C12H14O2. The van der Waals surface area contributed by atoms with Crippen molar-refractivity contribution in [3.8, 4) is 0 Å². The first-order valence-corrected chi connectivity index (χ1v) is 4.77. The molecule has 2 rings (SSSR count). The fourth-order valence-electron chi connectivity index (χ4n) is 1.58. The summed E-state index contributed by atoms with van der Waals surface area (Å²) in [5.41, 5.74) is 2.29. The van der Waals surface area contributed by atoms with Gasteiger partial charge in [0.25, 0.3) is 0 Å². The van der Waals surface area contributed by atoms with Crippen LogP contribution < -0.4 is 0 Å². The van der Waals surface area contributed by atoms with Gasteiger partial charge in [-0.2, -0.15) is 0 Å². The Morgan fingerprint density at radius 3 is 2.79 bits per heavy atom. The molecule has 0 bridgehead atoms. The molecule has 1 unspecified atom stereocenters. The van der Waals surface area contributed by atoms with E-state index < -0.39 is 0 Å². The molecule has 1 saturated heterocycles. The van der Waals surface area contributed by atoms with Crippen LogP contribution in [-0.2, 0) is 9.47 Å². The lowest BCUT2D eigenvalue weighted by molar-refractivity contribution is -0.0678. The van der Waals surface area contributed by atoms with Crippen LogP contribution in [0.3, 0.4) is 0 Å². The largest absolute Gasteiger partial charge is 0.351 e. The molecule has 1 aliphatic heterocycles. The predicted octanol–water partition coefficient (Wildman–Crippen LogP) is 2.68. The van der Waals surface area contributed by atoms with Gasteiger partial charge in [0.2, 0.25) is 0 Å². The number of hydrogen-bond donors (Lipinski definition) is 0. The van der Waals surface area contributed by atoms with Crippen molar-refractivity contribution in [1.29, 1.82) is 0 Å². The monoisotopic (exact) mass is 190 g/mol. The van der Waals surface area contributed by atoms with E-state index in [0.717, 1.165) is 12.0 Å². The molecule has 2 nitrogen and oxygen atoms in total. The SMILES string of the molecule is C=C1COCOC(c2ccccc2)C1. The zero-order chi connectivity index (χ0) is 9.80. The Morgan fingerprint density at radius 2 is 2.00 bits per heavy atom. The Labute approximate surface area is 84.2 Å². The van der Waals surface area contributed by atoms with Crippen molar-refractivity contribution >= 4 is 0 Å². The smallest absolute Gasteiger partial charge is 0.148 e. The molecule has 1 heterocycles. The number of benzene rings is 1. The first-order valence-electron chi connectivity index (χ1n) is 4.77. The van der Waals surface area contributed by atoms with Crippen LogP contribution in [0, 0.1) is 0 Å². The molecule has 0 N–H and O–H groups in total. The van der Waals surface area contributed by atoms with Crippen LogP contribution in [0.15, 0.2) is 42.5 Å². The molecule has 1 fully saturated rings. The number of hydrogen-bond acceptors (Lipinski definition) is 2. The van der Waals surface area contributed by atoms with Gasteiger partial charge in [0, 0.05) is 6.42 Å². The fraction of sp³-hybridized carbons (Fsp3) is 0.333. The van der Waals surface area contributed by atoms with Gasteiger partial charge in [-0.1, -0.05) is 36.9 Å². The van der Waals surface area contributed by atoms with E-state index in [0.29, 0.717) is 13.4 Å². The van der Waals surface area contributed by atoms with Gasteiger partial charge in [-0.15, -0.1) is 0 Å². The van der Waals surface area contributed by atoms with Gasteiger partial charge in [-0.25, -0.2) is 0 Å². The Balaban J connectivity index is 2.13. The number of rotatable bonds is 1. The van der Waals surface area contributed by atoms with E-state index in [1.54, 1.807) is 0 Å². The summed E-state index contributed by atoms with van der Waals surface area (Å²) < 4.78 is 10.8. The maximum Gasteiger partial charge on any atom is 0.148 e. The van der Waals surface area contributed by atoms with Gasteiger partial charge >= 0.3 is 0 Å². The maximum absolute atomic E-state index is 5.58. The molecule has 1 aromatic carbocycles. The maximum atomic E-state index is 5.58. The summed E-state index contributed by atoms with van der Waals surface area (Å²) in [5.74, 6) is 0. The average Bonchev–Trinajstić information content (AvgIpc) is 2.44. The number of ether oxygens (including phenoxy) is 2. The van der Waals surface area contributed by atoms with Crippen LogP contribution in [0.5, 0.6) is 0 Å². The summed E-state index contributed by atoms with van der Waals surface area (Å²) in [6, 6.07) is 10.2. The van der Waals surface area contributed by atoms with Crippen LogP contribution in [0.25, 0.3) is 0 Å². The van der Waals surface area contributed by atoms with E-state index in [9.17, 15) is 0 Å². The molecule has 2 heteroatoms. The van der Waals surface area contributed by atoms with Crippen molar-refractivity contribution in [2.75, 3.05) is 13.4 Å². The highest BCUT2D eigenvalue weighted by atomic mass is 16.7. The molecule has 14 heavy (non-hydrogen) atoms. The quantitative estimate of drug-likeness (QED) is 0.634. The third kappa shape index (κ3) is 2.22. The molecule has 0 amide bonds. The summed E-state index contributed by atoms with van der Waals surface area (Å²) in [6.45, 7) is 4.92. The van der Waals surface area contributed by atoms with Crippen molar-refractivity contribution in [2.45, 2.75) is 12.5 Å². The van der Waals surface area contributed by atoms with Crippen LogP contribution in [-0.4, -0.2) is 13.4 Å². The summed E-state index contributed by atoms with van der Waals surface area (Å²) in [6.07, 6.45) is 0.954.